The van der Waals surface area contributed by atoms with E-state index in [2.05, 4.69) is 39.3 Å². The van der Waals surface area contributed by atoms with E-state index < -0.39 is 0 Å². The first-order chi connectivity index (χ1) is 16.1. The summed E-state index contributed by atoms with van der Waals surface area (Å²) in [6, 6.07) is 15.5. The summed E-state index contributed by atoms with van der Waals surface area (Å²) >= 11 is 1.45. The SMILES string of the molecule is CN1CCN(c2ccc(NC3=C(c4cccs4)C(=O)N(Cc4ccncc4)C3=O)cc2)CC1. The fourth-order valence-electron chi connectivity index (χ4n) is 4.12. The number of nitrogens with zero attached hydrogens (tertiary/aromatic N) is 4. The third-order valence-electron chi connectivity index (χ3n) is 6.03. The predicted molar refractivity (Wildman–Crippen MR) is 131 cm³/mol. The molecule has 168 valence electrons. The van der Waals surface area contributed by atoms with Gasteiger partial charge in [0.1, 0.15) is 5.70 Å². The Morgan fingerprint density at radius 3 is 2.33 bits per heavy atom. The Morgan fingerprint density at radius 2 is 1.67 bits per heavy atom. The van der Waals surface area contributed by atoms with Gasteiger partial charge in [-0.15, -0.1) is 11.3 Å². The van der Waals surface area contributed by atoms with Crippen LogP contribution in [0.15, 0.2) is 72.0 Å². The van der Waals surface area contributed by atoms with Crippen molar-refractivity contribution in [2.24, 2.45) is 0 Å². The Labute approximate surface area is 197 Å². The maximum atomic E-state index is 13.3. The fourth-order valence-corrected chi connectivity index (χ4v) is 4.89. The predicted octanol–water partition coefficient (Wildman–Crippen LogP) is 3.29. The normalized spacial score (nSPS) is 17.2. The molecule has 1 N–H and O–H groups in total. The summed E-state index contributed by atoms with van der Waals surface area (Å²) in [7, 11) is 2.14. The van der Waals surface area contributed by atoms with Gasteiger partial charge in [0.05, 0.1) is 12.1 Å². The van der Waals surface area contributed by atoms with Crippen molar-refractivity contribution in [3.05, 3.63) is 82.4 Å². The van der Waals surface area contributed by atoms with Crippen LogP contribution in [0.3, 0.4) is 0 Å². The van der Waals surface area contributed by atoms with Gasteiger partial charge < -0.3 is 15.1 Å². The van der Waals surface area contributed by atoms with E-state index >= 15 is 0 Å². The van der Waals surface area contributed by atoms with Crippen LogP contribution in [-0.4, -0.2) is 59.8 Å². The van der Waals surface area contributed by atoms with Crippen molar-refractivity contribution in [1.29, 1.82) is 0 Å². The van der Waals surface area contributed by atoms with E-state index in [0.717, 1.165) is 48.0 Å². The van der Waals surface area contributed by atoms with E-state index in [1.165, 1.54) is 16.2 Å². The summed E-state index contributed by atoms with van der Waals surface area (Å²) in [6.45, 7) is 4.28. The highest BCUT2D eigenvalue weighted by Gasteiger charge is 2.39. The molecule has 0 unspecified atom stereocenters. The lowest BCUT2D eigenvalue weighted by atomic mass is 10.1. The van der Waals surface area contributed by atoms with Crippen molar-refractivity contribution in [2.45, 2.75) is 6.54 Å². The highest BCUT2D eigenvalue weighted by atomic mass is 32.1. The standard InChI is InChI=1S/C25H25N5O2S/c1-28-12-14-29(15-13-28)20-6-4-19(5-7-20)27-23-22(21-3-2-16-33-21)24(31)30(25(23)32)17-18-8-10-26-11-9-18/h2-11,16,27H,12-15,17H2,1H3. The average Bonchev–Trinajstić information content (AvgIpc) is 3.44. The lowest BCUT2D eigenvalue weighted by Gasteiger charge is -2.34. The number of likely N-dealkylation sites (N-methyl/N-ethyl adjacent to an activating group) is 1. The van der Waals surface area contributed by atoms with Gasteiger partial charge in [0.15, 0.2) is 0 Å². The highest BCUT2D eigenvalue weighted by Crippen LogP contribution is 2.34. The molecule has 3 aromatic rings. The molecule has 0 aliphatic carbocycles. The molecule has 0 bridgehead atoms. The zero-order valence-corrected chi connectivity index (χ0v) is 19.2. The summed E-state index contributed by atoms with van der Waals surface area (Å²) in [4.78, 5) is 37.4. The zero-order chi connectivity index (χ0) is 22.8. The van der Waals surface area contributed by atoms with E-state index in [0.29, 0.717) is 11.3 Å². The smallest absolute Gasteiger partial charge is 0.278 e. The number of carbonyl (C=O) groups excluding carboxylic acids is 2. The molecule has 0 atom stereocenters. The molecule has 8 heteroatoms. The maximum absolute atomic E-state index is 13.3. The van der Waals surface area contributed by atoms with Gasteiger partial charge >= 0.3 is 0 Å². The molecule has 4 heterocycles. The topological polar surface area (TPSA) is 68.8 Å². The number of nitrogens with one attached hydrogen (secondary N) is 1. The second kappa shape index (κ2) is 9.17. The second-order valence-electron chi connectivity index (χ2n) is 8.24. The molecular formula is C25H25N5O2S. The number of pyridine rings is 1. The summed E-state index contributed by atoms with van der Waals surface area (Å²) < 4.78 is 0. The number of amides is 2. The molecule has 1 aromatic carbocycles. The van der Waals surface area contributed by atoms with Crippen molar-refractivity contribution >= 4 is 40.1 Å². The van der Waals surface area contributed by atoms with Gasteiger partial charge in [0.25, 0.3) is 11.8 Å². The molecule has 2 aliphatic rings. The number of aromatic nitrogens is 1. The van der Waals surface area contributed by atoms with E-state index in [1.807, 2.05) is 41.8 Å². The first-order valence-electron chi connectivity index (χ1n) is 10.9. The van der Waals surface area contributed by atoms with Crippen LogP contribution in [0.5, 0.6) is 0 Å². The third-order valence-corrected chi connectivity index (χ3v) is 6.92. The summed E-state index contributed by atoms with van der Waals surface area (Å²) in [5.41, 5.74) is 3.55. The third kappa shape index (κ3) is 4.40. The Kier molecular flexibility index (Phi) is 5.93. The molecular weight excluding hydrogens is 434 g/mol. The molecule has 1 saturated heterocycles. The van der Waals surface area contributed by atoms with Crippen LogP contribution >= 0.6 is 11.3 Å². The number of anilines is 2. The van der Waals surface area contributed by atoms with Gasteiger partial charge in [-0.25, -0.2) is 0 Å². The molecule has 2 amide bonds. The average molecular weight is 460 g/mol. The number of hydrogen-bond donors (Lipinski definition) is 1. The van der Waals surface area contributed by atoms with Gasteiger partial charge in [-0.3, -0.25) is 19.5 Å². The van der Waals surface area contributed by atoms with Crippen molar-refractivity contribution < 1.29 is 9.59 Å². The minimum Gasteiger partial charge on any atom is -0.369 e. The lowest BCUT2D eigenvalue weighted by Crippen LogP contribution is -2.44. The number of benzene rings is 1. The first kappa shape index (κ1) is 21.4. The minimum atomic E-state index is -0.316. The minimum absolute atomic E-state index is 0.211. The highest BCUT2D eigenvalue weighted by molar-refractivity contribution is 7.11. The molecule has 7 nitrogen and oxygen atoms in total. The largest absolute Gasteiger partial charge is 0.369 e. The van der Waals surface area contributed by atoms with Crippen LogP contribution in [0, 0.1) is 0 Å². The van der Waals surface area contributed by atoms with Crippen LogP contribution < -0.4 is 10.2 Å². The number of hydrogen-bond acceptors (Lipinski definition) is 7. The van der Waals surface area contributed by atoms with Crippen LogP contribution in [0.2, 0.25) is 0 Å². The van der Waals surface area contributed by atoms with Crippen LogP contribution in [-0.2, 0) is 16.1 Å². The Morgan fingerprint density at radius 1 is 0.939 bits per heavy atom. The molecule has 33 heavy (non-hydrogen) atoms. The van der Waals surface area contributed by atoms with Crippen molar-refractivity contribution in [3.8, 4) is 0 Å². The van der Waals surface area contributed by atoms with E-state index in [9.17, 15) is 9.59 Å². The van der Waals surface area contributed by atoms with E-state index in [4.69, 9.17) is 0 Å². The Bertz CT molecular complexity index is 1170. The molecule has 2 aliphatic heterocycles. The first-order valence-corrected chi connectivity index (χ1v) is 11.8. The van der Waals surface area contributed by atoms with Crippen LogP contribution in [0.1, 0.15) is 10.4 Å². The van der Waals surface area contributed by atoms with Gasteiger partial charge in [-0.05, 0) is 60.5 Å². The van der Waals surface area contributed by atoms with Crippen molar-refractivity contribution in [1.82, 2.24) is 14.8 Å². The fraction of sp³-hybridized carbons (Fsp3) is 0.240. The van der Waals surface area contributed by atoms with Gasteiger partial charge in [-0.2, -0.15) is 0 Å². The van der Waals surface area contributed by atoms with E-state index in [1.54, 1.807) is 12.4 Å². The monoisotopic (exact) mass is 459 g/mol. The second-order valence-corrected chi connectivity index (χ2v) is 9.19. The quantitative estimate of drug-likeness (QED) is 0.571. The Hall–Kier alpha value is -3.49. The number of thiophene rings is 1. The van der Waals surface area contributed by atoms with Crippen molar-refractivity contribution in [3.63, 3.8) is 0 Å². The molecule has 2 aromatic heterocycles. The summed E-state index contributed by atoms with van der Waals surface area (Å²) in [5.74, 6) is -0.598. The summed E-state index contributed by atoms with van der Waals surface area (Å²) in [5, 5.41) is 5.16. The number of rotatable bonds is 6. The van der Waals surface area contributed by atoms with Crippen LogP contribution in [0.25, 0.3) is 5.57 Å². The number of imide groups is 1. The molecule has 1 fully saturated rings. The van der Waals surface area contributed by atoms with Crippen LogP contribution in [0.4, 0.5) is 11.4 Å². The van der Waals surface area contributed by atoms with Gasteiger partial charge in [0.2, 0.25) is 0 Å². The summed E-state index contributed by atoms with van der Waals surface area (Å²) in [6.07, 6.45) is 3.32. The molecule has 0 saturated carbocycles. The molecule has 5 rings (SSSR count). The maximum Gasteiger partial charge on any atom is 0.278 e. The lowest BCUT2D eigenvalue weighted by molar-refractivity contribution is -0.137. The zero-order valence-electron chi connectivity index (χ0n) is 18.4. The number of piperazine rings is 1. The molecule has 0 spiro atoms. The van der Waals surface area contributed by atoms with Gasteiger partial charge in [-0.1, -0.05) is 6.07 Å². The Balaban J connectivity index is 1.39. The number of carbonyl (C=O) groups is 2. The molecule has 0 radical (unpaired) electrons. The van der Waals surface area contributed by atoms with E-state index in [-0.39, 0.29) is 18.4 Å². The van der Waals surface area contributed by atoms with Gasteiger partial charge in [0, 0.05) is 54.8 Å². The van der Waals surface area contributed by atoms with Crippen molar-refractivity contribution in [2.75, 3.05) is 43.4 Å².